The van der Waals surface area contributed by atoms with E-state index in [0.29, 0.717) is 17.2 Å². The molecule has 78 valence electrons. The molecule has 2 rings (SSSR count). The molecule has 1 heterocycles. The molecule has 2 aromatic rings. The molecule has 0 radical (unpaired) electrons. The molecule has 0 fully saturated rings. The van der Waals surface area contributed by atoms with E-state index in [-0.39, 0.29) is 0 Å². The lowest BCUT2D eigenvalue weighted by Crippen LogP contribution is -1.97. The third-order valence-electron chi connectivity index (χ3n) is 2.32. The van der Waals surface area contributed by atoms with E-state index < -0.39 is 0 Å². The zero-order valence-electron chi connectivity index (χ0n) is 8.65. The largest absolute Gasteiger partial charge is 0.493 e. The van der Waals surface area contributed by atoms with Crippen LogP contribution in [-0.4, -0.2) is 19.2 Å². The molecule has 0 saturated carbocycles. The SMILES string of the molecule is COc1cc2cnccc2c(N)c1OC. The summed E-state index contributed by atoms with van der Waals surface area (Å²) in [6, 6.07) is 3.71. The standard InChI is InChI=1S/C11H12N2O2/c1-14-9-5-7-6-13-4-3-8(7)10(12)11(9)15-2/h3-6H,12H2,1-2H3. The Balaban J connectivity index is 2.81. The summed E-state index contributed by atoms with van der Waals surface area (Å²) in [6.07, 6.45) is 3.44. The van der Waals surface area contributed by atoms with Crippen LogP contribution in [0.3, 0.4) is 0 Å². The number of aromatic nitrogens is 1. The summed E-state index contributed by atoms with van der Waals surface area (Å²) in [7, 11) is 3.15. The van der Waals surface area contributed by atoms with Gasteiger partial charge in [-0.2, -0.15) is 0 Å². The van der Waals surface area contributed by atoms with Crippen LogP contribution in [-0.2, 0) is 0 Å². The number of hydrogen-bond acceptors (Lipinski definition) is 4. The van der Waals surface area contributed by atoms with Gasteiger partial charge in [0.05, 0.1) is 19.9 Å². The van der Waals surface area contributed by atoms with Gasteiger partial charge in [0, 0.05) is 23.2 Å². The van der Waals surface area contributed by atoms with Gasteiger partial charge in [-0.05, 0) is 12.1 Å². The quantitative estimate of drug-likeness (QED) is 0.758. The van der Waals surface area contributed by atoms with Crippen LogP contribution in [0.4, 0.5) is 5.69 Å². The molecule has 1 aromatic carbocycles. The zero-order valence-corrected chi connectivity index (χ0v) is 8.65. The minimum atomic E-state index is 0.566. The van der Waals surface area contributed by atoms with Crippen molar-refractivity contribution in [2.75, 3.05) is 20.0 Å². The summed E-state index contributed by atoms with van der Waals surface area (Å²) < 4.78 is 10.4. The zero-order chi connectivity index (χ0) is 10.8. The Bertz CT molecular complexity index is 497. The van der Waals surface area contributed by atoms with E-state index in [4.69, 9.17) is 15.2 Å². The van der Waals surface area contributed by atoms with Gasteiger partial charge in [-0.1, -0.05) is 0 Å². The first kappa shape index (κ1) is 9.58. The highest BCUT2D eigenvalue weighted by atomic mass is 16.5. The van der Waals surface area contributed by atoms with E-state index in [1.165, 1.54) is 0 Å². The molecular weight excluding hydrogens is 192 g/mol. The van der Waals surface area contributed by atoms with Gasteiger partial charge < -0.3 is 15.2 Å². The van der Waals surface area contributed by atoms with Gasteiger partial charge in [0.1, 0.15) is 0 Å². The second-order valence-corrected chi connectivity index (χ2v) is 3.12. The number of pyridine rings is 1. The highest BCUT2D eigenvalue weighted by Gasteiger charge is 2.11. The predicted octanol–water partition coefficient (Wildman–Crippen LogP) is 1.83. The Morgan fingerprint density at radius 3 is 2.73 bits per heavy atom. The van der Waals surface area contributed by atoms with E-state index in [1.807, 2.05) is 12.1 Å². The molecule has 0 atom stereocenters. The fraction of sp³-hybridized carbons (Fsp3) is 0.182. The Labute approximate surface area is 87.6 Å². The van der Waals surface area contributed by atoms with Crippen molar-refractivity contribution in [1.82, 2.24) is 4.98 Å². The van der Waals surface area contributed by atoms with Gasteiger partial charge in [-0.15, -0.1) is 0 Å². The van der Waals surface area contributed by atoms with Gasteiger partial charge in [-0.25, -0.2) is 0 Å². The molecule has 0 saturated heterocycles. The highest BCUT2D eigenvalue weighted by molar-refractivity contribution is 5.97. The maximum atomic E-state index is 5.97. The molecule has 0 spiro atoms. The summed E-state index contributed by atoms with van der Waals surface area (Å²) in [4.78, 5) is 4.03. The lowest BCUT2D eigenvalue weighted by molar-refractivity contribution is 0.357. The van der Waals surface area contributed by atoms with Gasteiger partial charge in [0.2, 0.25) is 0 Å². The van der Waals surface area contributed by atoms with Crippen molar-refractivity contribution in [2.45, 2.75) is 0 Å². The average molecular weight is 204 g/mol. The third kappa shape index (κ3) is 1.44. The molecule has 2 N–H and O–H groups in total. The Morgan fingerprint density at radius 2 is 2.07 bits per heavy atom. The number of benzene rings is 1. The maximum absolute atomic E-state index is 5.97. The summed E-state index contributed by atoms with van der Waals surface area (Å²) in [5, 5.41) is 1.86. The summed E-state index contributed by atoms with van der Waals surface area (Å²) in [5.41, 5.74) is 6.55. The van der Waals surface area contributed by atoms with Gasteiger partial charge in [-0.3, -0.25) is 4.98 Å². The van der Waals surface area contributed by atoms with Crippen LogP contribution in [0.5, 0.6) is 11.5 Å². The molecule has 15 heavy (non-hydrogen) atoms. The van der Waals surface area contributed by atoms with Crippen molar-refractivity contribution in [3.05, 3.63) is 24.5 Å². The minimum absolute atomic E-state index is 0.566. The Kier molecular flexibility index (Phi) is 2.33. The first-order chi connectivity index (χ1) is 7.27. The number of nitrogens with zero attached hydrogens (tertiary/aromatic N) is 1. The van der Waals surface area contributed by atoms with Crippen LogP contribution in [0.1, 0.15) is 0 Å². The van der Waals surface area contributed by atoms with E-state index in [2.05, 4.69) is 4.98 Å². The summed E-state index contributed by atoms with van der Waals surface area (Å²) in [6.45, 7) is 0. The summed E-state index contributed by atoms with van der Waals surface area (Å²) >= 11 is 0. The monoisotopic (exact) mass is 204 g/mol. The number of nitrogens with two attached hydrogens (primary N) is 1. The fourth-order valence-corrected chi connectivity index (χ4v) is 1.59. The maximum Gasteiger partial charge on any atom is 0.184 e. The first-order valence-electron chi connectivity index (χ1n) is 4.52. The van der Waals surface area contributed by atoms with Crippen molar-refractivity contribution in [2.24, 2.45) is 0 Å². The number of fused-ring (bicyclic) bond motifs is 1. The molecule has 1 aromatic heterocycles. The van der Waals surface area contributed by atoms with E-state index in [0.717, 1.165) is 10.8 Å². The van der Waals surface area contributed by atoms with Crippen molar-refractivity contribution in [3.63, 3.8) is 0 Å². The smallest absolute Gasteiger partial charge is 0.184 e. The molecular formula is C11H12N2O2. The molecule has 0 aliphatic rings. The van der Waals surface area contributed by atoms with E-state index >= 15 is 0 Å². The van der Waals surface area contributed by atoms with Crippen molar-refractivity contribution in [1.29, 1.82) is 0 Å². The van der Waals surface area contributed by atoms with Crippen molar-refractivity contribution >= 4 is 16.5 Å². The van der Waals surface area contributed by atoms with Gasteiger partial charge >= 0.3 is 0 Å². The van der Waals surface area contributed by atoms with E-state index in [1.54, 1.807) is 26.6 Å². The fourth-order valence-electron chi connectivity index (χ4n) is 1.59. The lowest BCUT2D eigenvalue weighted by atomic mass is 10.1. The third-order valence-corrected chi connectivity index (χ3v) is 2.32. The molecule has 4 heteroatoms. The van der Waals surface area contributed by atoms with Crippen molar-refractivity contribution in [3.8, 4) is 11.5 Å². The molecule has 0 aliphatic carbocycles. The van der Waals surface area contributed by atoms with Crippen LogP contribution in [0.15, 0.2) is 24.5 Å². The average Bonchev–Trinajstić information content (AvgIpc) is 2.29. The number of methoxy groups -OCH3 is 2. The van der Waals surface area contributed by atoms with Crippen LogP contribution in [0.25, 0.3) is 10.8 Å². The van der Waals surface area contributed by atoms with Crippen LogP contribution >= 0.6 is 0 Å². The highest BCUT2D eigenvalue weighted by Crippen LogP contribution is 2.38. The van der Waals surface area contributed by atoms with Crippen molar-refractivity contribution < 1.29 is 9.47 Å². The lowest BCUT2D eigenvalue weighted by Gasteiger charge is -2.12. The number of anilines is 1. The number of nitrogen functional groups attached to an aromatic ring is 1. The number of rotatable bonds is 2. The Hall–Kier alpha value is -1.97. The molecule has 4 nitrogen and oxygen atoms in total. The predicted molar refractivity (Wildman–Crippen MR) is 59.3 cm³/mol. The molecule has 0 amide bonds. The van der Waals surface area contributed by atoms with Gasteiger partial charge in [0.25, 0.3) is 0 Å². The van der Waals surface area contributed by atoms with Crippen LogP contribution < -0.4 is 15.2 Å². The first-order valence-corrected chi connectivity index (χ1v) is 4.52. The second kappa shape index (κ2) is 3.65. The normalized spacial score (nSPS) is 10.3. The minimum Gasteiger partial charge on any atom is -0.493 e. The molecule has 0 bridgehead atoms. The van der Waals surface area contributed by atoms with Crippen LogP contribution in [0.2, 0.25) is 0 Å². The number of hydrogen-bond donors (Lipinski definition) is 1. The second-order valence-electron chi connectivity index (χ2n) is 3.12. The van der Waals surface area contributed by atoms with Gasteiger partial charge in [0.15, 0.2) is 11.5 Å². The molecule has 0 aliphatic heterocycles. The van der Waals surface area contributed by atoms with E-state index in [9.17, 15) is 0 Å². The summed E-state index contributed by atoms with van der Waals surface area (Å²) in [5.74, 6) is 1.19. The van der Waals surface area contributed by atoms with Crippen LogP contribution in [0, 0.1) is 0 Å². The Morgan fingerprint density at radius 1 is 1.27 bits per heavy atom. The number of ether oxygens (including phenoxy) is 2. The molecule has 0 unspecified atom stereocenters. The topological polar surface area (TPSA) is 57.4 Å².